The minimum Gasteiger partial charge on any atom is -0.463 e. The van der Waals surface area contributed by atoms with Gasteiger partial charge in [-0.15, -0.1) is 0 Å². The largest absolute Gasteiger partial charge is 0.463 e. The normalized spacial score (nSPS) is 23.7. The van der Waals surface area contributed by atoms with Crippen molar-refractivity contribution in [3.63, 3.8) is 0 Å². The second-order valence-corrected chi connectivity index (χ2v) is 14.7. The fraction of sp³-hybridized carbons (Fsp3) is 0.550. The molecule has 3 atom stereocenters. The molecule has 3 heterocycles. The summed E-state index contributed by atoms with van der Waals surface area (Å²) in [6.45, 7) is 5.31. The molecule has 55 heavy (non-hydrogen) atoms. The van der Waals surface area contributed by atoms with Gasteiger partial charge in [-0.3, -0.25) is 9.59 Å². The van der Waals surface area contributed by atoms with E-state index < -0.39 is 29.5 Å². The lowest BCUT2D eigenvalue weighted by molar-refractivity contribution is -0.151. The van der Waals surface area contributed by atoms with Gasteiger partial charge in [0.05, 0.1) is 42.4 Å². The number of halogens is 6. The van der Waals surface area contributed by atoms with Crippen LogP contribution in [-0.4, -0.2) is 77.3 Å². The Morgan fingerprint density at radius 3 is 2.02 bits per heavy atom. The maximum absolute atomic E-state index is 14.5. The molecule has 1 aliphatic carbocycles. The Balaban J connectivity index is 1.36. The molecule has 3 fully saturated rings. The van der Waals surface area contributed by atoms with Crippen molar-refractivity contribution in [2.75, 3.05) is 36.1 Å². The van der Waals surface area contributed by atoms with Crippen LogP contribution in [0.4, 0.5) is 38.0 Å². The van der Waals surface area contributed by atoms with Gasteiger partial charge in [-0.05, 0) is 80.7 Å². The van der Waals surface area contributed by atoms with Gasteiger partial charge in [-0.1, -0.05) is 37.3 Å². The minimum absolute atomic E-state index is 0.0119. The maximum Gasteiger partial charge on any atom is 0.416 e. The minimum atomic E-state index is -5.01. The van der Waals surface area contributed by atoms with Crippen LogP contribution in [0.2, 0.25) is 0 Å². The lowest BCUT2D eigenvalue weighted by Gasteiger charge is -2.49. The highest BCUT2D eigenvalue weighted by atomic mass is 19.4. The van der Waals surface area contributed by atoms with Crippen LogP contribution in [0.3, 0.4) is 0 Å². The first-order valence-corrected chi connectivity index (χ1v) is 18.9. The average molecular weight is 776 g/mol. The second kappa shape index (κ2) is 17.2. The van der Waals surface area contributed by atoms with Crippen molar-refractivity contribution in [1.29, 1.82) is 0 Å². The number of hydrogen-bond donors (Lipinski definition) is 0. The SMILES string of the molecule is CC[C@@H]1C[C@H](N(Cc2cc(C(F)(F)F)cc(C(F)(F)F)c2)c2ncc(N3CCOCC3)cn2)CC(Cc2ccccc2)N1C(=O)[C@H]1CC[C@@H](OC(C)=O)CC1. The molecular weight excluding hydrogens is 728 g/mol. The number of hydrogen-bond acceptors (Lipinski definition) is 8. The highest BCUT2D eigenvalue weighted by molar-refractivity contribution is 5.80. The molecule has 0 spiro atoms. The van der Waals surface area contributed by atoms with E-state index in [0.29, 0.717) is 77.7 Å². The number of morpholine rings is 1. The molecule has 1 saturated carbocycles. The number of rotatable bonds is 10. The summed E-state index contributed by atoms with van der Waals surface area (Å²) in [6.07, 6.45) is -2.86. The van der Waals surface area contributed by atoms with Crippen molar-refractivity contribution in [2.24, 2.45) is 5.92 Å². The smallest absolute Gasteiger partial charge is 0.416 e. The molecule has 2 aromatic carbocycles. The van der Waals surface area contributed by atoms with Crippen molar-refractivity contribution in [1.82, 2.24) is 14.9 Å². The monoisotopic (exact) mass is 775 g/mol. The molecule has 298 valence electrons. The molecule has 0 bridgehead atoms. The predicted octanol–water partition coefficient (Wildman–Crippen LogP) is 7.86. The maximum atomic E-state index is 14.5. The Labute approximate surface area is 317 Å². The second-order valence-electron chi connectivity index (χ2n) is 14.7. The number of nitrogens with zero attached hydrogens (tertiary/aromatic N) is 5. The standard InChI is InChI=1S/C40H47F6N5O4/c1-3-32-21-33(22-34(19-27-7-5-4-6-8-27)51(32)37(53)29-9-11-36(12-10-29)55-26(2)52)50(38-47-23-35(24-48-38)49-13-15-54-16-14-49)25-28-17-30(39(41,42)43)20-31(18-28)40(44,45)46/h4-8,17-18,20,23-24,29,32-34,36H,3,9-16,19,21-22,25H2,1-2H3/t29-,32-,33+,34?,36+/m1/s1. The molecular formula is C40H47F6N5O4. The molecule has 0 N–H and O–H groups in total. The van der Waals surface area contributed by atoms with Gasteiger partial charge in [-0.25, -0.2) is 9.97 Å². The van der Waals surface area contributed by atoms with Gasteiger partial charge >= 0.3 is 18.3 Å². The van der Waals surface area contributed by atoms with E-state index in [1.165, 1.54) is 6.92 Å². The number of aromatic nitrogens is 2. The Hall–Kier alpha value is -4.40. The van der Waals surface area contributed by atoms with E-state index >= 15 is 0 Å². The summed E-state index contributed by atoms with van der Waals surface area (Å²) in [4.78, 5) is 41.1. The zero-order valence-electron chi connectivity index (χ0n) is 31.0. The number of alkyl halides is 6. The molecule has 9 nitrogen and oxygen atoms in total. The van der Waals surface area contributed by atoms with Crippen LogP contribution in [0, 0.1) is 5.92 Å². The Morgan fingerprint density at radius 2 is 1.45 bits per heavy atom. The number of amides is 1. The topological polar surface area (TPSA) is 88.1 Å². The molecule has 3 aliphatic rings. The van der Waals surface area contributed by atoms with Crippen molar-refractivity contribution in [3.05, 3.63) is 83.2 Å². The van der Waals surface area contributed by atoms with Crippen LogP contribution in [0.25, 0.3) is 0 Å². The summed E-state index contributed by atoms with van der Waals surface area (Å²) in [7, 11) is 0. The van der Waals surface area contributed by atoms with Crippen LogP contribution in [-0.2, 0) is 44.4 Å². The zero-order chi connectivity index (χ0) is 39.3. The van der Waals surface area contributed by atoms with Crippen LogP contribution in [0.5, 0.6) is 0 Å². The molecule has 0 radical (unpaired) electrons. The van der Waals surface area contributed by atoms with Crippen molar-refractivity contribution in [2.45, 2.75) is 108 Å². The van der Waals surface area contributed by atoms with Gasteiger partial charge in [0, 0.05) is 50.6 Å². The number of ether oxygens (including phenoxy) is 2. The number of benzene rings is 2. The highest BCUT2D eigenvalue weighted by Crippen LogP contribution is 2.39. The third-order valence-corrected chi connectivity index (χ3v) is 11.0. The summed E-state index contributed by atoms with van der Waals surface area (Å²) in [5, 5.41) is 0. The molecule has 1 amide bonds. The molecule has 2 saturated heterocycles. The van der Waals surface area contributed by atoms with Crippen LogP contribution < -0.4 is 9.80 Å². The Bertz CT molecular complexity index is 1710. The van der Waals surface area contributed by atoms with E-state index in [4.69, 9.17) is 9.47 Å². The number of anilines is 2. The molecule has 2 aliphatic heterocycles. The molecule has 3 aromatic rings. The Morgan fingerprint density at radius 1 is 0.855 bits per heavy atom. The summed E-state index contributed by atoms with van der Waals surface area (Å²) >= 11 is 0. The van der Waals surface area contributed by atoms with Gasteiger partial charge in [0.2, 0.25) is 11.9 Å². The van der Waals surface area contributed by atoms with Gasteiger partial charge in [0.25, 0.3) is 0 Å². The summed E-state index contributed by atoms with van der Waals surface area (Å²) < 4.78 is 94.9. The van der Waals surface area contributed by atoms with Gasteiger partial charge in [0.1, 0.15) is 6.10 Å². The van der Waals surface area contributed by atoms with E-state index in [0.717, 1.165) is 23.4 Å². The number of carbonyl (C=O) groups is 2. The van der Waals surface area contributed by atoms with Crippen LogP contribution in [0.15, 0.2) is 60.9 Å². The van der Waals surface area contributed by atoms with Gasteiger partial charge < -0.3 is 24.2 Å². The molecule has 1 aromatic heterocycles. The fourth-order valence-electron chi connectivity index (χ4n) is 8.29. The summed E-state index contributed by atoms with van der Waals surface area (Å²) in [6, 6.07) is 10.3. The van der Waals surface area contributed by atoms with Crippen molar-refractivity contribution < 1.29 is 45.4 Å². The number of piperidine rings is 1. The number of carbonyl (C=O) groups excluding carboxylic acids is 2. The lowest BCUT2D eigenvalue weighted by atomic mass is 9.81. The predicted molar refractivity (Wildman–Crippen MR) is 193 cm³/mol. The quantitative estimate of drug-likeness (QED) is 0.152. The average Bonchev–Trinajstić information content (AvgIpc) is 3.16. The van der Waals surface area contributed by atoms with Crippen LogP contribution >= 0.6 is 0 Å². The number of esters is 1. The third-order valence-electron chi connectivity index (χ3n) is 11.0. The van der Waals surface area contributed by atoms with Crippen molar-refractivity contribution >= 4 is 23.5 Å². The number of likely N-dealkylation sites (tertiary alicyclic amines) is 1. The van der Waals surface area contributed by atoms with Gasteiger partial charge in [-0.2, -0.15) is 26.3 Å². The van der Waals surface area contributed by atoms with E-state index in [1.807, 2.05) is 47.1 Å². The molecule has 1 unspecified atom stereocenters. The highest BCUT2D eigenvalue weighted by Gasteiger charge is 2.44. The third kappa shape index (κ3) is 10.1. The molecule has 6 rings (SSSR count). The lowest BCUT2D eigenvalue weighted by Crippen LogP contribution is -2.59. The van der Waals surface area contributed by atoms with Crippen molar-refractivity contribution in [3.8, 4) is 0 Å². The van der Waals surface area contributed by atoms with E-state index in [2.05, 4.69) is 9.97 Å². The van der Waals surface area contributed by atoms with Gasteiger partial charge in [0.15, 0.2) is 0 Å². The summed E-state index contributed by atoms with van der Waals surface area (Å²) in [5.74, 6) is -0.439. The van der Waals surface area contributed by atoms with E-state index in [9.17, 15) is 35.9 Å². The first-order chi connectivity index (χ1) is 26.2. The zero-order valence-corrected chi connectivity index (χ0v) is 31.0. The molecule has 15 heteroatoms. The van der Waals surface area contributed by atoms with E-state index in [1.54, 1.807) is 17.3 Å². The fourth-order valence-corrected chi connectivity index (χ4v) is 8.29. The first kappa shape index (κ1) is 40.3. The first-order valence-electron chi connectivity index (χ1n) is 18.9. The Kier molecular flexibility index (Phi) is 12.6. The summed E-state index contributed by atoms with van der Waals surface area (Å²) in [5.41, 5.74) is -1.25. The van der Waals surface area contributed by atoms with E-state index in [-0.39, 0.29) is 60.1 Å². The van der Waals surface area contributed by atoms with Crippen LogP contribution in [0.1, 0.15) is 81.0 Å².